The highest BCUT2D eigenvalue weighted by Crippen LogP contribution is 2.33. The molecule has 0 heterocycles. The molecule has 0 amide bonds. The van der Waals surface area contributed by atoms with Gasteiger partial charge in [-0.25, -0.2) is 0 Å². The molecule has 0 spiro atoms. The quantitative estimate of drug-likeness (QED) is 0.837. The molecule has 0 saturated heterocycles. The maximum Gasteiger partial charge on any atom is 0.101 e. The predicted molar refractivity (Wildman–Crippen MR) is 80.2 cm³/mol. The van der Waals surface area contributed by atoms with E-state index in [1.807, 2.05) is 36.4 Å². The third-order valence-corrected chi connectivity index (χ3v) is 3.91. The van der Waals surface area contributed by atoms with Crippen LogP contribution in [-0.2, 0) is 0 Å². The van der Waals surface area contributed by atoms with E-state index in [9.17, 15) is 5.11 Å². The number of allylic oxidation sites excluding steroid dienone is 3. The van der Waals surface area contributed by atoms with Crippen LogP contribution in [0.5, 0.6) is 0 Å². The van der Waals surface area contributed by atoms with Gasteiger partial charge in [0.15, 0.2) is 0 Å². The van der Waals surface area contributed by atoms with Gasteiger partial charge in [-0.15, -0.1) is 0 Å². The minimum atomic E-state index is -0.549. The lowest BCUT2D eigenvalue weighted by molar-refractivity contribution is 0.212. The first kappa shape index (κ1) is 12.5. The molecule has 3 rings (SSSR count). The van der Waals surface area contributed by atoms with E-state index >= 15 is 0 Å². The van der Waals surface area contributed by atoms with Crippen LogP contribution in [0.1, 0.15) is 24.5 Å². The Kier molecular flexibility index (Phi) is 3.41. The lowest BCUT2D eigenvalue weighted by Gasteiger charge is -2.19. The fourth-order valence-electron chi connectivity index (χ4n) is 2.54. The molecular formula is C17H15ClO. The van der Waals surface area contributed by atoms with E-state index in [0.717, 1.165) is 39.8 Å². The van der Waals surface area contributed by atoms with Crippen molar-refractivity contribution >= 4 is 22.4 Å². The summed E-state index contributed by atoms with van der Waals surface area (Å²) in [5.74, 6) is 0. The third kappa shape index (κ3) is 2.44. The van der Waals surface area contributed by atoms with Gasteiger partial charge in [0, 0.05) is 5.03 Å². The summed E-state index contributed by atoms with van der Waals surface area (Å²) in [7, 11) is 0. The van der Waals surface area contributed by atoms with Crippen molar-refractivity contribution in [2.24, 2.45) is 0 Å². The molecule has 1 unspecified atom stereocenters. The van der Waals surface area contributed by atoms with Crippen molar-refractivity contribution in [1.29, 1.82) is 0 Å². The minimum Gasteiger partial charge on any atom is -0.384 e. The van der Waals surface area contributed by atoms with E-state index in [1.54, 1.807) is 0 Å². The van der Waals surface area contributed by atoms with Crippen LogP contribution in [0.15, 0.2) is 65.2 Å². The Balaban J connectivity index is 2.05. The molecule has 96 valence electrons. The Bertz CT molecular complexity index is 665. The number of aliphatic hydroxyl groups is 1. The van der Waals surface area contributed by atoms with Crippen LogP contribution in [0.3, 0.4) is 0 Å². The molecule has 2 aromatic carbocycles. The molecule has 19 heavy (non-hydrogen) atoms. The molecule has 1 nitrogen and oxygen atoms in total. The predicted octanol–water partition coefficient (Wildman–Crippen LogP) is 4.72. The number of benzene rings is 2. The monoisotopic (exact) mass is 270 g/mol. The van der Waals surface area contributed by atoms with Crippen LogP contribution in [0, 0.1) is 0 Å². The summed E-state index contributed by atoms with van der Waals surface area (Å²) < 4.78 is 0. The topological polar surface area (TPSA) is 20.2 Å². The van der Waals surface area contributed by atoms with E-state index in [4.69, 9.17) is 11.6 Å². The van der Waals surface area contributed by atoms with Gasteiger partial charge >= 0.3 is 0 Å². The maximum absolute atomic E-state index is 10.6. The zero-order valence-corrected chi connectivity index (χ0v) is 11.3. The molecule has 1 aliphatic carbocycles. The molecule has 0 radical (unpaired) electrons. The fourth-order valence-corrected chi connectivity index (χ4v) is 2.70. The van der Waals surface area contributed by atoms with Crippen LogP contribution in [-0.4, -0.2) is 5.11 Å². The number of fused-ring (bicyclic) bond motifs is 1. The van der Waals surface area contributed by atoms with Crippen molar-refractivity contribution < 1.29 is 5.11 Å². The summed E-state index contributed by atoms with van der Waals surface area (Å²) in [5, 5.41) is 13.7. The average molecular weight is 271 g/mol. The second-order valence-electron chi connectivity index (χ2n) is 4.83. The zero-order valence-electron chi connectivity index (χ0n) is 10.5. The highest BCUT2D eigenvalue weighted by atomic mass is 35.5. The Morgan fingerprint density at radius 1 is 0.947 bits per heavy atom. The van der Waals surface area contributed by atoms with Gasteiger partial charge in [0.05, 0.1) is 0 Å². The van der Waals surface area contributed by atoms with Gasteiger partial charge < -0.3 is 5.11 Å². The normalized spacial score (nSPS) is 16.9. The number of hydrogen-bond acceptors (Lipinski definition) is 1. The van der Waals surface area contributed by atoms with Crippen LogP contribution in [0.2, 0.25) is 0 Å². The minimum absolute atomic E-state index is 0.549. The van der Waals surface area contributed by atoms with Crippen molar-refractivity contribution in [2.45, 2.75) is 18.9 Å². The largest absolute Gasteiger partial charge is 0.384 e. The molecule has 2 aromatic rings. The van der Waals surface area contributed by atoms with Crippen LogP contribution in [0.4, 0.5) is 0 Å². The first-order valence-electron chi connectivity index (χ1n) is 6.46. The molecule has 1 aliphatic rings. The fraction of sp³-hybridized carbons (Fsp3) is 0.176. The lowest BCUT2D eigenvalue weighted by Crippen LogP contribution is -2.04. The van der Waals surface area contributed by atoms with E-state index in [0.29, 0.717) is 0 Å². The molecule has 1 atom stereocenters. The second-order valence-corrected chi connectivity index (χ2v) is 5.31. The SMILES string of the molecule is OC(C1=CC=C(Cl)CC1)c1cccc2ccccc12. The first-order chi connectivity index (χ1) is 9.25. The van der Waals surface area contributed by atoms with Gasteiger partial charge in [-0.1, -0.05) is 60.1 Å². The number of rotatable bonds is 2. The van der Waals surface area contributed by atoms with Crippen molar-refractivity contribution in [3.8, 4) is 0 Å². The molecule has 0 bridgehead atoms. The second kappa shape index (κ2) is 5.20. The molecular weight excluding hydrogens is 256 g/mol. The van der Waals surface area contributed by atoms with Crippen LogP contribution < -0.4 is 0 Å². The standard InChI is InChI=1S/C17H15ClO/c18-14-10-8-13(9-11-14)17(19)16-7-3-5-12-4-1-2-6-15(12)16/h1-8,10,17,19H,9,11H2. The summed E-state index contributed by atoms with van der Waals surface area (Å²) in [5.41, 5.74) is 2.00. The molecule has 0 fully saturated rings. The van der Waals surface area contributed by atoms with Gasteiger partial charge in [0.25, 0.3) is 0 Å². The lowest BCUT2D eigenvalue weighted by atomic mass is 9.91. The average Bonchev–Trinajstić information content (AvgIpc) is 2.47. The van der Waals surface area contributed by atoms with E-state index in [1.165, 1.54) is 0 Å². The highest BCUT2D eigenvalue weighted by Gasteiger charge is 2.17. The Labute approximate surface area is 117 Å². The Morgan fingerprint density at radius 2 is 1.74 bits per heavy atom. The van der Waals surface area contributed by atoms with E-state index in [-0.39, 0.29) is 0 Å². The van der Waals surface area contributed by atoms with Crippen LogP contribution >= 0.6 is 11.6 Å². The number of hydrogen-bond donors (Lipinski definition) is 1. The van der Waals surface area contributed by atoms with Gasteiger partial charge in [-0.3, -0.25) is 0 Å². The first-order valence-corrected chi connectivity index (χ1v) is 6.84. The zero-order chi connectivity index (χ0) is 13.2. The Hall–Kier alpha value is -1.57. The molecule has 1 N–H and O–H groups in total. The van der Waals surface area contributed by atoms with Crippen molar-refractivity contribution in [2.75, 3.05) is 0 Å². The van der Waals surface area contributed by atoms with Crippen molar-refractivity contribution in [3.63, 3.8) is 0 Å². The van der Waals surface area contributed by atoms with Crippen LogP contribution in [0.25, 0.3) is 10.8 Å². The molecule has 2 heteroatoms. The molecule has 0 aromatic heterocycles. The van der Waals surface area contributed by atoms with Crippen molar-refractivity contribution in [1.82, 2.24) is 0 Å². The summed E-state index contributed by atoms with van der Waals surface area (Å²) in [6.45, 7) is 0. The Morgan fingerprint density at radius 3 is 2.53 bits per heavy atom. The number of aliphatic hydroxyl groups excluding tert-OH is 1. The van der Waals surface area contributed by atoms with Crippen molar-refractivity contribution in [3.05, 3.63) is 70.8 Å². The molecule has 0 aliphatic heterocycles. The highest BCUT2D eigenvalue weighted by molar-refractivity contribution is 6.29. The van der Waals surface area contributed by atoms with Gasteiger partial charge in [-0.2, -0.15) is 0 Å². The summed E-state index contributed by atoms with van der Waals surface area (Å²) in [4.78, 5) is 0. The van der Waals surface area contributed by atoms with E-state index < -0.39 is 6.10 Å². The number of halogens is 1. The summed E-state index contributed by atoms with van der Waals surface area (Å²) >= 11 is 5.96. The maximum atomic E-state index is 10.6. The van der Waals surface area contributed by atoms with Gasteiger partial charge in [-0.05, 0) is 40.8 Å². The third-order valence-electron chi connectivity index (χ3n) is 3.60. The van der Waals surface area contributed by atoms with Gasteiger partial charge in [0.2, 0.25) is 0 Å². The van der Waals surface area contributed by atoms with E-state index in [2.05, 4.69) is 18.2 Å². The summed E-state index contributed by atoms with van der Waals surface area (Å²) in [6, 6.07) is 14.2. The molecule has 0 saturated carbocycles. The van der Waals surface area contributed by atoms with Gasteiger partial charge in [0.1, 0.15) is 6.10 Å². The smallest absolute Gasteiger partial charge is 0.101 e. The summed E-state index contributed by atoms with van der Waals surface area (Å²) in [6.07, 6.45) is 4.91.